The van der Waals surface area contributed by atoms with Gasteiger partial charge in [0.1, 0.15) is 5.69 Å². The number of benzene rings is 2. The third kappa shape index (κ3) is 7.20. The van der Waals surface area contributed by atoms with E-state index < -0.39 is 11.9 Å². The van der Waals surface area contributed by atoms with Crippen LogP contribution in [-0.4, -0.2) is 59.2 Å². The number of rotatable bonds is 10. The van der Waals surface area contributed by atoms with Crippen LogP contribution in [0, 0.1) is 0 Å². The number of aliphatic hydroxyl groups is 1. The third-order valence-corrected chi connectivity index (χ3v) is 6.62. The van der Waals surface area contributed by atoms with Gasteiger partial charge in [0.2, 0.25) is 5.91 Å². The molecule has 0 radical (unpaired) electrons. The van der Waals surface area contributed by atoms with E-state index in [2.05, 4.69) is 20.8 Å². The number of aromatic nitrogens is 2. The molecule has 2 aromatic carbocycles. The third-order valence-electron chi connectivity index (χ3n) is 5.84. The van der Waals surface area contributed by atoms with E-state index in [1.807, 2.05) is 26.2 Å². The number of nitrogens with one attached hydrogen (secondary N) is 3. The Hall–Kier alpha value is -3.34. The van der Waals surface area contributed by atoms with Crippen LogP contribution in [0.2, 0.25) is 15.1 Å². The van der Waals surface area contributed by atoms with Gasteiger partial charge < -0.3 is 30.1 Å². The molecule has 2 amide bonds. The SMILES string of the molecule is CN(C)CC(=O)NCc1ccc(-c2cnoc2-c2c[nH]c(C(=O)NC(CO)c3cc(Cl)cc(Cl)c3)c2)cc1Cl. The lowest BCUT2D eigenvalue weighted by molar-refractivity contribution is -0.121. The highest BCUT2D eigenvalue weighted by Crippen LogP contribution is 2.34. The number of hydrogen-bond acceptors (Lipinski definition) is 6. The van der Waals surface area contributed by atoms with E-state index in [0.717, 1.165) is 11.1 Å². The number of H-pyrrole nitrogens is 1. The molecule has 4 aromatic rings. The first-order valence-electron chi connectivity index (χ1n) is 11.9. The lowest BCUT2D eigenvalue weighted by atomic mass is 10.0. The minimum atomic E-state index is -0.713. The molecular formula is C27H26Cl3N5O4. The average Bonchev–Trinajstić information content (AvgIpc) is 3.55. The summed E-state index contributed by atoms with van der Waals surface area (Å²) in [5, 5.41) is 20.7. The molecule has 12 heteroatoms. The maximum absolute atomic E-state index is 12.9. The molecule has 39 heavy (non-hydrogen) atoms. The molecule has 2 heterocycles. The van der Waals surface area contributed by atoms with Crippen molar-refractivity contribution in [2.24, 2.45) is 0 Å². The van der Waals surface area contributed by atoms with E-state index in [1.165, 1.54) is 0 Å². The predicted octanol–water partition coefficient (Wildman–Crippen LogP) is 4.94. The second kappa shape index (κ2) is 12.7. The lowest BCUT2D eigenvalue weighted by Crippen LogP contribution is -2.32. The van der Waals surface area contributed by atoms with E-state index in [-0.39, 0.29) is 24.8 Å². The van der Waals surface area contributed by atoms with Crippen LogP contribution in [0.15, 0.2) is 59.4 Å². The molecule has 0 saturated heterocycles. The molecule has 0 saturated carbocycles. The number of likely N-dealkylation sites (N-methyl/N-ethyl adjacent to an activating group) is 1. The Labute approximate surface area is 240 Å². The number of amides is 2. The summed E-state index contributed by atoms with van der Waals surface area (Å²) in [7, 11) is 3.64. The monoisotopic (exact) mass is 589 g/mol. The van der Waals surface area contributed by atoms with Crippen LogP contribution >= 0.6 is 34.8 Å². The summed E-state index contributed by atoms with van der Waals surface area (Å²) >= 11 is 18.6. The van der Waals surface area contributed by atoms with Crippen LogP contribution < -0.4 is 10.6 Å². The summed E-state index contributed by atoms with van der Waals surface area (Å²) in [5.74, 6) is -0.106. The molecule has 0 fully saturated rings. The highest BCUT2D eigenvalue weighted by atomic mass is 35.5. The first-order chi connectivity index (χ1) is 18.6. The van der Waals surface area contributed by atoms with Gasteiger partial charge >= 0.3 is 0 Å². The Morgan fingerprint density at radius 3 is 2.49 bits per heavy atom. The minimum Gasteiger partial charge on any atom is -0.394 e. The Bertz CT molecular complexity index is 1460. The van der Waals surface area contributed by atoms with E-state index >= 15 is 0 Å². The topological polar surface area (TPSA) is 123 Å². The summed E-state index contributed by atoms with van der Waals surface area (Å²) in [6, 6.07) is 11.2. The van der Waals surface area contributed by atoms with Gasteiger partial charge in [-0.3, -0.25) is 9.59 Å². The van der Waals surface area contributed by atoms with E-state index in [0.29, 0.717) is 44.1 Å². The Morgan fingerprint density at radius 1 is 1.08 bits per heavy atom. The van der Waals surface area contributed by atoms with Crippen LogP contribution in [0.3, 0.4) is 0 Å². The van der Waals surface area contributed by atoms with Crippen molar-refractivity contribution in [1.82, 2.24) is 25.7 Å². The molecule has 0 spiro atoms. The van der Waals surface area contributed by atoms with Crippen LogP contribution in [0.1, 0.15) is 27.7 Å². The molecule has 0 bridgehead atoms. The predicted molar refractivity (Wildman–Crippen MR) is 151 cm³/mol. The van der Waals surface area contributed by atoms with Crippen molar-refractivity contribution >= 4 is 46.6 Å². The Balaban J connectivity index is 1.49. The van der Waals surface area contributed by atoms with Gasteiger partial charge in [0.25, 0.3) is 5.91 Å². The highest BCUT2D eigenvalue weighted by Gasteiger charge is 2.20. The molecule has 0 aliphatic carbocycles. The number of aromatic amines is 1. The molecule has 1 unspecified atom stereocenters. The quantitative estimate of drug-likeness (QED) is 0.208. The van der Waals surface area contributed by atoms with Crippen molar-refractivity contribution in [2.75, 3.05) is 27.2 Å². The fourth-order valence-electron chi connectivity index (χ4n) is 3.95. The zero-order valence-electron chi connectivity index (χ0n) is 21.1. The number of halogens is 3. The maximum atomic E-state index is 12.9. The number of nitrogens with zero attached hydrogens (tertiary/aromatic N) is 2. The van der Waals surface area contributed by atoms with Gasteiger partial charge in [0.15, 0.2) is 5.76 Å². The first kappa shape index (κ1) is 28.7. The lowest BCUT2D eigenvalue weighted by Gasteiger charge is -2.17. The molecule has 0 aliphatic heterocycles. The zero-order valence-corrected chi connectivity index (χ0v) is 23.4. The second-order valence-corrected chi connectivity index (χ2v) is 10.4. The van der Waals surface area contributed by atoms with Crippen molar-refractivity contribution < 1.29 is 19.2 Å². The zero-order chi connectivity index (χ0) is 28.1. The van der Waals surface area contributed by atoms with Crippen LogP contribution in [0.5, 0.6) is 0 Å². The summed E-state index contributed by atoms with van der Waals surface area (Å²) in [4.78, 5) is 29.6. The molecule has 0 aliphatic rings. The number of carbonyl (C=O) groups is 2. The smallest absolute Gasteiger partial charge is 0.268 e. The fourth-order valence-corrected chi connectivity index (χ4v) is 4.74. The molecule has 2 aromatic heterocycles. The van der Waals surface area contributed by atoms with E-state index in [4.69, 9.17) is 39.3 Å². The van der Waals surface area contributed by atoms with Gasteiger partial charge in [-0.15, -0.1) is 0 Å². The van der Waals surface area contributed by atoms with Crippen molar-refractivity contribution in [3.63, 3.8) is 0 Å². The van der Waals surface area contributed by atoms with Crippen LogP contribution in [0.4, 0.5) is 0 Å². The summed E-state index contributed by atoms with van der Waals surface area (Å²) in [5.41, 5.74) is 3.62. The van der Waals surface area contributed by atoms with Gasteiger partial charge in [-0.1, -0.05) is 52.1 Å². The molecule has 4 rings (SSSR count). The van der Waals surface area contributed by atoms with Gasteiger partial charge in [-0.05, 0) is 61.1 Å². The summed E-state index contributed by atoms with van der Waals surface area (Å²) in [6.45, 7) is 0.235. The minimum absolute atomic E-state index is 0.101. The number of aliphatic hydroxyl groups excluding tert-OH is 1. The van der Waals surface area contributed by atoms with Crippen molar-refractivity contribution in [3.8, 4) is 22.5 Å². The molecule has 1 atom stereocenters. The molecule has 9 nitrogen and oxygen atoms in total. The maximum Gasteiger partial charge on any atom is 0.268 e. The average molecular weight is 591 g/mol. The summed E-state index contributed by atoms with van der Waals surface area (Å²) < 4.78 is 5.51. The van der Waals surface area contributed by atoms with Crippen LogP contribution in [-0.2, 0) is 11.3 Å². The first-order valence-corrected chi connectivity index (χ1v) is 13.0. The van der Waals surface area contributed by atoms with Crippen LogP contribution in [0.25, 0.3) is 22.5 Å². The number of hydrogen-bond donors (Lipinski definition) is 4. The van der Waals surface area contributed by atoms with Crippen molar-refractivity contribution in [2.45, 2.75) is 12.6 Å². The van der Waals surface area contributed by atoms with Gasteiger partial charge in [-0.2, -0.15) is 0 Å². The van der Waals surface area contributed by atoms with E-state index in [1.54, 1.807) is 47.6 Å². The number of carbonyl (C=O) groups excluding carboxylic acids is 2. The molecule has 204 valence electrons. The van der Waals surface area contributed by atoms with Gasteiger partial charge in [-0.25, -0.2) is 0 Å². The fraction of sp³-hybridized carbons (Fsp3) is 0.222. The normalized spacial score (nSPS) is 12.0. The second-order valence-electron chi connectivity index (χ2n) is 9.10. The molecular weight excluding hydrogens is 565 g/mol. The van der Waals surface area contributed by atoms with E-state index in [9.17, 15) is 14.7 Å². The van der Waals surface area contributed by atoms with Gasteiger partial charge in [0, 0.05) is 38.9 Å². The standard InChI is InChI=1S/C27H26Cl3N5O4/c1-35(2)13-25(37)32-10-16-4-3-15(7-22(16)30)21-12-33-39-26(21)18-8-23(31-11-18)27(38)34-24(14-36)17-5-19(28)9-20(29)6-17/h3-9,11-12,24,31,36H,10,13-14H2,1-2H3,(H,32,37)(H,34,38). The highest BCUT2D eigenvalue weighted by molar-refractivity contribution is 6.34. The molecule has 4 N–H and O–H groups in total. The summed E-state index contributed by atoms with van der Waals surface area (Å²) in [6.07, 6.45) is 3.19. The Morgan fingerprint density at radius 2 is 1.82 bits per heavy atom. The Kier molecular flexibility index (Phi) is 9.32. The van der Waals surface area contributed by atoms with Gasteiger partial charge in [0.05, 0.1) is 25.4 Å². The van der Waals surface area contributed by atoms with Crippen molar-refractivity contribution in [3.05, 3.63) is 86.7 Å². The van der Waals surface area contributed by atoms with Crippen molar-refractivity contribution in [1.29, 1.82) is 0 Å². The largest absolute Gasteiger partial charge is 0.394 e.